The van der Waals surface area contributed by atoms with Crippen molar-refractivity contribution in [3.8, 4) is 0 Å². The lowest BCUT2D eigenvalue weighted by molar-refractivity contribution is -0.360. The average molecular weight is 408 g/mol. The van der Waals surface area contributed by atoms with Crippen LogP contribution in [0.3, 0.4) is 0 Å². The lowest BCUT2D eigenvalue weighted by atomic mass is 10.1. The highest BCUT2D eigenvalue weighted by Crippen LogP contribution is 2.52. The molecule has 0 spiro atoms. The fraction of sp³-hybridized carbons (Fsp3) is 0.286. The Morgan fingerprint density at radius 2 is 1.37 bits per heavy atom. The molecule has 0 fully saturated rings. The molecule has 0 bridgehead atoms. The molecule has 3 nitrogen and oxygen atoms in total. The zero-order valence-corrected chi connectivity index (χ0v) is 12.5. The predicted octanol–water partition coefficient (Wildman–Crippen LogP) is 4.88. The first-order valence-corrected chi connectivity index (χ1v) is 6.70. The third kappa shape index (κ3) is 3.49. The molecule has 0 unspecified atom stereocenters. The molecule has 0 atom stereocenters. The second kappa shape index (κ2) is 6.23. The maximum atomic E-state index is 13.7. The summed E-state index contributed by atoms with van der Waals surface area (Å²) in [6.45, 7) is 0. The summed E-state index contributed by atoms with van der Waals surface area (Å²) in [5.41, 5.74) is -5.28. The van der Waals surface area contributed by atoms with E-state index in [4.69, 9.17) is 0 Å². The van der Waals surface area contributed by atoms with Crippen LogP contribution in [0.1, 0.15) is 21.7 Å². The largest absolute Gasteiger partial charge is 0.460 e. The van der Waals surface area contributed by atoms with E-state index >= 15 is 0 Å². The fourth-order valence-electron chi connectivity index (χ4n) is 1.93. The first-order valence-electron chi connectivity index (χ1n) is 6.70. The molecule has 148 valence electrons. The molecular formula is C14H6F10N2O. The lowest BCUT2D eigenvalue weighted by Crippen LogP contribution is -2.50. The molecule has 0 radical (unpaired) electrons. The van der Waals surface area contributed by atoms with Crippen LogP contribution >= 0.6 is 0 Å². The summed E-state index contributed by atoms with van der Waals surface area (Å²) in [5, 5.41) is 2.42. The van der Waals surface area contributed by atoms with E-state index in [-0.39, 0.29) is 0 Å². The van der Waals surface area contributed by atoms with Crippen molar-refractivity contribution in [2.24, 2.45) is 0 Å². The van der Waals surface area contributed by atoms with E-state index in [1.54, 1.807) is 0 Å². The van der Waals surface area contributed by atoms with Crippen molar-refractivity contribution in [1.82, 2.24) is 9.78 Å². The van der Waals surface area contributed by atoms with Gasteiger partial charge in [0.1, 0.15) is 5.69 Å². The molecule has 13 heteroatoms. The molecule has 0 aliphatic heterocycles. The Hall–Kier alpha value is -2.60. The van der Waals surface area contributed by atoms with Gasteiger partial charge in [-0.2, -0.15) is 53.7 Å². The Morgan fingerprint density at radius 1 is 0.852 bits per heavy atom. The highest BCUT2D eigenvalue weighted by Gasteiger charge is 2.74. The standard InChI is InChI=1S/C14H6F10N2O/c15-11(16,13(20,21)14(22,23)24)8-6-9(12(17,18)19)26(25-8)10(27)7-4-2-1-3-5-7/h1-6H. The molecule has 1 aromatic heterocycles. The van der Waals surface area contributed by atoms with Gasteiger partial charge in [-0.15, -0.1) is 0 Å². The van der Waals surface area contributed by atoms with E-state index in [1.165, 1.54) is 18.2 Å². The quantitative estimate of drug-likeness (QED) is 0.679. The van der Waals surface area contributed by atoms with Crippen molar-refractivity contribution >= 4 is 5.91 Å². The van der Waals surface area contributed by atoms with E-state index in [1.807, 2.05) is 0 Å². The number of carbonyl (C=O) groups excluding carboxylic acids is 1. The summed E-state index contributed by atoms with van der Waals surface area (Å²) in [7, 11) is 0. The van der Waals surface area contributed by atoms with Gasteiger partial charge in [-0.05, 0) is 18.2 Å². The Morgan fingerprint density at radius 3 is 1.81 bits per heavy atom. The number of rotatable bonds is 3. The van der Waals surface area contributed by atoms with Crippen molar-refractivity contribution in [2.45, 2.75) is 24.2 Å². The molecule has 0 saturated carbocycles. The van der Waals surface area contributed by atoms with Crippen LogP contribution in [0.15, 0.2) is 36.4 Å². The summed E-state index contributed by atoms with van der Waals surface area (Å²) >= 11 is 0. The maximum absolute atomic E-state index is 13.7. The Kier molecular flexibility index (Phi) is 4.78. The molecule has 27 heavy (non-hydrogen) atoms. The average Bonchev–Trinajstić information content (AvgIpc) is 3.00. The van der Waals surface area contributed by atoms with E-state index in [2.05, 4.69) is 5.10 Å². The van der Waals surface area contributed by atoms with Crippen LogP contribution in [0.4, 0.5) is 43.9 Å². The summed E-state index contributed by atoms with van der Waals surface area (Å²) < 4.78 is 128. The van der Waals surface area contributed by atoms with Crippen LogP contribution in [-0.2, 0) is 12.1 Å². The molecule has 0 aliphatic carbocycles. The SMILES string of the molecule is O=C(c1ccccc1)n1nc(C(F)(F)C(F)(F)C(F)(F)F)cc1C(F)(F)F. The van der Waals surface area contributed by atoms with Gasteiger partial charge < -0.3 is 0 Å². The summed E-state index contributed by atoms with van der Waals surface area (Å²) in [6.07, 6.45) is -12.3. The molecule has 0 N–H and O–H groups in total. The van der Waals surface area contributed by atoms with Gasteiger partial charge in [0.25, 0.3) is 5.91 Å². The molecule has 1 heterocycles. The zero-order chi connectivity index (χ0) is 20.8. The van der Waals surface area contributed by atoms with E-state index in [0.717, 1.165) is 12.1 Å². The van der Waals surface area contributed by atoms with Gasteiger partial charge in [0, 0.05) is 5.56 Å². The van der Waals surface area contributed by atoms with Crippen LogP contribution in [-0.4, -0.2) is 27.8 Å². The van der Waals surface area contributed by atoms with Gasteiger partial charge in [-0.1, -0.05) is 18.2 Å². The number of nitrogens with zero attached hydrogens (tertiary/aromatic N) is 2. The van der Waals surface area contributed by atoms with E-state index in [9.17, 15) is 48.7 Å². The summed E-state index contributed by atoms with van der Waals surface area (Å²) in [6, 6.07) is 4.95. The number of carbonyl (C=O) groups is 1. The second-order valence-corrected chi connectivity index (χ2v) is 5.14. The minimum atomic E-state index is -6.78. The van der Waals surface area contributed by atoms with E-state index in [0.29, 0.717) is 0 Å². The highest BCUT2D eigenvalue weighted by molar-refractivity contribution is 5.95. The monoisotopic (exact) mass is 408 g/mol. The number of halogens is 10. The minimum absolute atomic E-state index is 0.497. The summed E-state index contributed by atoms with van der Waals surface area (Å²) in [5.74, 6) is -14.5. The number of aromatic nitrogens is 2. The lowest BCUT2D eigenvalue weighted by Gasteiger charge is -2.26. The van der Waals surface area contributed by atoms with E-state index < -0.39 is 57.8 Å². The Bertz CT molecular complexity index is 836. The fourth-order valence-corrected chi connectivity index (χ4v) is 1.93. The highest BCUT2D eigenvalue weighted by atomic mass is 19.4. The third-order valence-electron chi connectivity index (χ3n) is 3.28. The van der Waals surface area contributed by atoms with Crippen LogP contribution < -0.4 is 0 Å². The second-order valence-electron chi connectivity index (χ2n) is 5.14. The third-order valence-corrected chi connectivity index (χ3v) is 3.28. The van der Waals surface area contributed by atoms with Crippen molar-refractivity contribution in [3.05, 3.63) is 53.3 Å². The van der Waals surface area contributed by atoms with Crippen LogP contribution in [0, 0.1) is 0 Å². The molecule has 0 amide bonds. The van der Waals surface area contributed by atoms with Crippen molar-refractivity contribution in [2.75, 3.05) is 0 Å². The smallest absolute Gasteiger partial charge is 0.267 e. The van der Waals surface area contributed by atoms with Crippen molar-refractivity contribution < 1.29 is 48.7 Å². The molecule has 0 aliphatic rings. The van der Waals surface area contributed by atoms with Crippen LogP contribution in [0.25, 0.3) is 0 Å². The first kappa shape index (κ1) is 20.7. The number of hydrogen-bond acceptors (Lipinski definition) is 2. The van der Waals surface area contributed by atoms with Crippen LogP contribution in [0.2, 0.25) is 0 Å². The van der Waals surface area contributed by atoms with Gasteiger partial charge in [0.2, 0.25) is 0 Å². The van der Waals surface area contributed by atoms with Gasteiger partial charge in [0.05, 0.1) is 0 Å². The molecule has 2 aromatic rings. The Balaban J connectivity index is 2.65. The zero-order valence-electron chi connectivity index (χ0n) is 12.5. The number of benzene rings is 1. The predicted molar refractivity (Wildman–Crippen MR) is 68.3 cm³/mol. The van der Waals surface area contributed by atoms with Crippen molar-refractivity contribution in [1.29, 1.82) is 0 Å². The topological polar surface area (TPSA) is 34.9 Å². The normalized spacial score (nSPS) is 13.7. The number of alkyl halides is 10. The first-order chi connectivity index (χ1) is 12.1. The molecule has 1 aromatic carbocycles. The van der Waals surface area contributed by atoms with Gasteiger partial charge in [-0.3, -0.25) is 4.79 Å². The molecular weight excluding hydrogens is 402 g/mol. The van der Waals surface area contributed by atoms with Gasteiger partial charge in [0.15, 0.2) is 5.69 Å². The molecule has 2 rings (SSSR count). The minimum Gasteiger partial charge on any atom is -0.267 e. The van der Waals surface area contributed by atoms with Gasteiger partial charge >= 0.3 is 24.2 Å². The number of hydrogen-bond donors (Lipinski definition) is 0. The van der Waals surface area contributed by atoms with Crippen molar-refractivity contribution in [3.63, 3.8) is 0 Å². The Labute approximate surface area is 143 Å². The maximum Gasteiger partial charge on any atom is 0.460 e. The summed E-state index contributed by atoms with van der Waals surface area (Å²) in [4.78, 5) is 12.0. The van der Waals surface area contributed by atoms with Crippen LogP contribution in [0.5, 0.6) is 0 Å². The van der Waals surface area contributed by atoms with Gasteiger partial charge in [-0.25, -0.2) is 0 Å². The molecule has 0 saturated heterocycles.